The van der Waals surface area contributed by atoms with Crippen molar-refractivity contribution < 1.29 is 5.11 Å². The summed E-state index contributed by atoms with van der Waals surface area (Å²) in [6.07, 6.45) is 4.31. The first-order valence-corrected chi connectivity index (χ1v) is 5.00. The third-order valence-corrected chi connectivity index (χ3v) is 3.77. The molecule has 0 bridgehead atoms. The topological polar surface area (TPSA) is 20.2 Å². The van der Waals surface area contributed by atoms with Crippen LogP contribution >= 0.6 is 0 Å². The molecule has 0 radical (unpaired) electrons. The van der Waals surface area contributed by atoms with Crippen LogP contribution in [-0.2, 0) is 0 Å². The van der Waals surface area contributed by atoms with E-state index in [2.05, 4.69) is 39.8 Å². The van der Waals surface area contributed by atoms with Crippen molar-refractivity contribution in [2.45, 2.75) is 33.8 Å². The molecule has 0 aromatic carbocycles. The number of aliphatic hydroxyl groups excluding tert-OH is 1. The maximum absolute atomic E-state index is 9.99. The summed E-state index contributed by atoms with van der Waals surface area (Å²) in [5.74, 6) is 0.951. The number of fused-ring (bicyclic) bond motifs is 1. The Bertz CT molecular complexity index is 292. The van der Waals surface area contributed by atoms with Gasteiger partial charge in [0.05, 0.1) is 6.10 Å². The first-order valence-electron chi connectivity index (χ1n) is 5.00. The van der Waals surface area contributed by atoms with E-state index in [1.165, 1.54) is 11.1 Å². The molecule has 0 aromatic rings. The Hall–Kier alpha value is -0.560. The molecule has 13 heavy (non-hydrogen) atoms. The Morgan fingerprint density at radius 3 is 2.54 bits per heavy atom. The highest BCUT2D eigenvalue weighted by Crippen LogP contribution is 2.58. The molecule has 1 N–H and O–H groups in total. The van der Waals surface area contributed by atoms with Crippen LogP contribution in [0.5, 0.6) is 0 Å². The molecule has 0 amide bonds. The van der Waals surface area contributed by atoms with Crippen LogP contribution in [0.2, 0.25) is 0 Å². The quantitative estimate of drug-likeness (QED) is 0.604. The lowest BCUT2D eigenvalue weighted by molar-refractivity contribution is -0.117. The highest BCUT2D eigenvalue weighted by molar-refractivity contribution is 5.40. The zero-order valence-electron chi connectivity index (χ0n) is 8.83. The van der Waals surface area contributed by atoms with Gasteiger partial charge in [0.1, 0.15) is 0 Å². The van der Waals surface area contributed by atoms with Crippen molar-refractivity contribution in [3.63, 3.8) is 0 Å². The predicted molar refractivity (Wildman–Crippen MR) is 54.3 cm³/mol. The SMILES string of the molecule is CC(C)=C1C=C[C@H]2[C@@H]1[C@H](O)C2(C)C. The van der Waals surface area contributed by atoms with Gasteiger partial charge >= 0.3 is 0 Å². The summed E-state index contributed by atoms with van der Waals surface area (Å²) in [6.45, 7) is 8.55. The van der Waals surface area contributed by atoms with Gasteiger partial charge in [0.2, 0.25) is 0 Å². The van der Waals surface area contributed by atoms with Crippen molar-refractivity contribution in [2.75, 3.05) is 0 Å². The maximum Gasteiger partial charge on any atom is 0.0671 e. The number of aliphatic hydroxyl groups is 1. The minimum Gasteiger partial charge on any atom is -0.392 e. The van der Waals surface area contributed by atoms with Gasteiger partial charge in [-0.1, -0.05) is 31.6 Å². The van der Waals surface area contributed by atoms with Gasteiger partial charge < -0.3 is 5.11 Å². The van der Waals surface area contributed by atoms with Crippen molar-refractivity contribution in [2.24, 2.45) is 17.3 Å². The smallest absolute Gasteiger partial charge is 0.0671 e. The van der Waals surface area contributed by atoms with E-state index >= 15 is 0 Å². The highest BCUT2D eigenvalue weighted by Gasteiger charge is 2.57. The number of rotatable bonds is 0. The van der Waals surface area contributed by atoms with Gasteiger partial charge in [-0.25, -0.2) is 0 Å². The van der Waals surface area contributed by atoms with E-state index in [1.54, 1.807) is 0 Å². The van der Waals surface area contributed by atoms with Crippen molar-refractivity contribution in [3.05, 3.63) is 23.3 Å². The fourth-order valence-corrected chi connectivity index (χ4v) is 2.75. The lowest BCUT2D eigenvalue weighted by atomic mass is 9.53. The lowest BCUT2D eigenvalue weighted by Gasteiger charge is -2.53. The summed E-state index contributed by atoms with van der Waals surface area (Å²) in [4.78, 5) is 0. The predicted octanol–water partition coefficient (Wildman–Crippen LogP) is 2.53. The summed E-state index contributed by atoms with van der Waals surface area (Å²) in [5, 5.41) is 9.99. The van der Waals surface area contributed by atoms with Gasteiger partial charge in [0.15, 0.2) is 0 Å². The Balaban J connectivity index is 2.32. The second-order valence-electron chi connectivity index (χ2n) is 5.13. The van der Waals surface area contributed by atoms with E-state index in [-0.39, 0.29) is 11.5 Å². The third-order valence-electron chi connectivity index (χ3n) is 3.77. The summed E-state index contributed by atoms with van der Waals surface area (Å²) in [6, 6.07) is 0. The molecule has 2 aliphatic carbocycles. The maximum atomic E-state index is 9.99. The van der Waals surface area contributed by atoms with Gasteiger partial charge in [-0.05, 0) is 30.8 Å². The van der Waals surface area contributed by atoms with Gasteiger partial charge in [-0.2, -0.15) is 0 Å². The van der Waals surface area contributed by atoms with E-state index in [0.29, 0.717) is 11.8 Å². The number of allylic oxidation sites excluding steroid dienone is 3. The van der Waals surface area contributed by atoms with E-state index in [4.69, 9.17) is 0 Å². The van der Waals surface area contributed by atoms with Crippen LogP contribution < -0.4 is 0 Å². The first-order chi connectivity index (χ1) is 5.96. The van der Waals surface area contributed by atoms with Crippen LogP contribution in [0.3, 0.4) is 0 Å². The molecule has 2 aliphatic rings. The zero-order valence-corrected chi connectivity index (χ0v) is 8.83. The van der Waals surface area contributed by atoms with Crippen molar-refractivity contribution in [1.29, 1.82) is 0 Å². The largest absolute Gasteiger partial charge is 0.392 e. The lowest BCUT2D eigenvalue weighted by Crippen LogP contribution is -2.55. The third kappa shape index (κ3) is 0.969. The van der Waals surface area contributed by atoms with E-state index in [1.807, 2.05) is 0 Å². The van der Waals surface area contributed by atoms with Crippen LogP contribution in [0.1, 0.15) is 27.7 Å². The van der Waals surface area contributed by atoms with Gasteiger partial charge in [0, 0.05) is 5.92 Å². The molecule has 1 nitrogen and oxygen atoms in total. The van der Waals surface area contributed by atoms with Gasteiger partial charge in [0.25, 0.3) is 0 Å². The fraction of sp³-hybridized carbons (Fsp3) is 0.667. The average molecular weight is 178 g/mol. The van der Waals surface area contributed by atoms with E-state index < -0.39 is 0 Å². The molecule has 1 fully saturated rings. The molecule has 2 rings (SSSR count). The molecule has 0 heterocycles. The second kappa shape index (κ2) is 2.48. The molecule has 3 atom stereocenters. The van der Waals surface area contributed by atoms with Crippen LogP contribution in [-0.4, -0.2) is 11.2 Å². The summed E-state index contributed by atoms with van der Waals surface area (Å²) < 4.78 is 0. The average Bonchev–Trinajstić information content (AvgIpc) is 2.45. The van der Waals surface area contributed by atoms with E-state index in [0.717, 1.165) is 0 Å². The second-order valence-corrected chi connectivity index (χ2v) is 5.13. The minimum absolute atomic E-state index is 0.0817. The molecular weight excluding hydrogens is 160 g/mol. The molecule has 0 saturated heterocycles. The molecule has 1 heteroatoms. The highest BCUT2D eigenvalue weighted by atomic mass is 16.3. The minimum atomic E-state index is -0.155. The van der Waals surface area contributed by atoms with Crippen molar-refractivity contribution in [3.8, 4) is 0 Å². The van der Waals surface area contributed by atoms with Gasteiger partial charge in [-0.15, -0.1) is 0 Å². The molecule has 0 unspecified atom stereocenters. The number of hydrogen-bond acceptors (Lipinski definition) is 1. The Kier molecular flexibility index (Phi) is 1.72. The van der Waals surface area contributed by atoms with Crippen molar-refractivity contribution in [1.82, 2.24) is 0 Å². The Labute approximate surface area is 80.2 Å². The van der Waals surface area contributed by atoms with Crippen LogP contribution in [0.25, 0.3) is 0 Å². The normalized spacial score (nSPS) is 40.1. The summed E-state index contributed by atoms with van der Waals surface area (Å²) >= 11 is 0. The Morgan fingerprint density at radius 1 is 1.38 bits per heavy atom. The molecule has 0 aromatic heterocycles. The van der Waals surface area contributed by atoms with E-state index in [9.17, 15) is 5.11 Å². The molecule has 0 spiro atoms. The van der Waals surface area contributed by atoms with Crippen molar-refractivity contribution >= 4 is 0 Å². The molecule has 0 aliphatic heterocycles. The van der Waals surface area contributed by atoms with Crippen LogP contribution in [0, 0.1) is 17.3 Å². The summed E-state index contributed by atoms with van der Waals surface area (Å²) in [5.41, 5.74) is 2.79. The molecule has 72 valence electrons. The first kappa shape index (κ1) is 9.01. The fourth-order valence-electron chi connectivity index (χ4n) is 2.75. The number of hydrogen-bond donors (Lipinski definition) is 1. The zero-order chi connectivity index (χ0) is 9.80. The standard InChI is InChI=1S/C12H18O/c1-7(2)8-5-6-9-10(8)11(13)12(9,3)4/h5-6,9-11,13H,1-4H3/t9-,10+,11-/m0/s1. The Morgan fingerprint density at radius 2 is 2.00 bits per heavy atom. The van der Waals surface area contributed by atoms with Gasteiger partial charge in [-0.3, -0.25) is 0 Å². The summed E-state index contributed by atoms with van der Waals surface area (Å²) in [7, 11) is 0. The monoisotopic (exact) mass is 178 g/mol. The van der Waals surface area contributed by atoms with Crippen LogP contribution in [0.15, 0.2) is 23.3 Å². The molecule has 1 saturated carbocycles. The van der Waals surface area contributed by atoms with Crippen LogP contribution in [0.4, 0.5) is 0 Å². The molecular formula is C12H18O.